The monoisotopic (exact) mass is 370 g/mol. The number of rotatable bonds is 5. The van der Waals surface area contributed by atoms with Gasteiger partial charge in [0.15, 0.2) is 0 Å². The Morgan fingerprint density at radius 1 is 1.15 bits per heavy atom. The molecule has 0 radical (unpaired) electrons. The second kappa shape index (κ2) is 7.72. The summed E-state index contributed by atoms with van der Waals surface area (Å²) in [4.78, 5) is 25.1. The number of hydrogen-bond acceptors (Lipinski definition) is 3. The number of pyridine rings is 1. The topological polar surface area (TPSA) is 71.3 Å². The minimum atomic E-state index is -0.364. The number of aliphatic hydroxyl groups excluding tert-OH is 1. The lowest BCUT2D eigenvalue weighted by molar-refractivity contribution is -0.117. The Balaban J connectivity index is 1.91. The van der Waals surface area contributed by atoms with Crippen molar-refractivity contribution in [3.63, 3.8) is 0 Å². The molecule has 2 N–H and O–H groups in total. The number of nitrogens with zero attached hydrogens (tertiary/aromatic N) is 1. The first-order valence-corrected chi connectivity index (χ1v) is 8.68. The lowest BCUT2D eigenvalue weighted by atomic mass is 10.00. The van der Waals surface area contributed by atoms with E-state index in [0.29, 0.717) is 21.5 Å². The summed E-state index contributed by atoms with van der Waals surface area (Å²) >= 11 is 5.89. The van der Waals surface area contributed by atoms with E-state index in [0.717, 1.165) is 5.56 Å². The predicted molar refractivity (Wildman–Crippen MR) is 104 cm³/mol. The van der Waals surface area contributed by atoms with Crippen LogP contribution in [0, 0.1) is 0 Å². The van der Waals surface area contributed by atoms with Gasteiger partial charge in [-0.1, -0.05) is 29.8 Å². The number of amides is 1. The van der Waals surface area contributed by atoms with Gasteiger partial charge in [0.25, 0.3) is 5.56 Å². The Hall–Kier alpha value is -2.63. The number of fused-ring (bicyclic) bond motifs is 1. The van der Waals surface area contributed by atoms with Crippen LogP contribution >= 0.6 is 11.6 Å². The molecule has 0 saturated heterocycles. The van der Waals surface area contributed by atoms with Crippen molar-refractivity contribution < 1.29 is 9.90 Å². The molecule has 1 amide bonds. The molecule has 0 aliphatic heterocycles. The van der Waals surface area contributed by atoms with Crippen LogP contribution in [-0.4, -0.2) is 22.2 Å². The molecule has 0 spiro atoms. The van der Waals surface area contributed by atoms with Crippen molar-refractivity contribution in [2.75, 3.05) is 11.9 Å². The standard InChI is InChI=1S/C20H19ClN2O3/c1-13(14-5-7-15(21)8-6-14)19(25)22-18-4-2-3-17-16(18)9-10-23(11-12-24)20(17)26/h2-10,13,24H,11-12H2,1H3,(H,22,25). The highest BCUT2D eigenvalue weighted by atomic mass is 35.5. The zero-order valence-corrected chi connectivity index (χ0v) is 15.0. The maximum Gasteiger partial charge on any atom is 0.258 e. The van der Waals surface area contributed by atoms with Crippen LogP contribution in [0.15, 0.2) is 59.5 Å². The zero-order valence-electron chi connectivity index (χ0n) is 14.3. The maximum atomic E-state index is 12.6. The van der Waals surface area contributed by atoms with Gasteiger partial charge in [0, 0.05) is 34.2 Å². The number of benzene rings is 2. The minimum absolute atomic E-state index is 0.111. The SMILES string of the molecule is CC(C(=O)Nc1cccc2c(=O)n(CCO)ccc12)c1ccc(Cl)cc1. The second-order valence-electron chi connectivity index (χ2n) is 6.07. The normalized spacial score (nSPS) is 12.1. The van der Waals surface area contributed by atoms with Crippen molar-refractivity contribution in [1.82, 2.24) is 4.57 Å². The van der Waals surface area contributed by atoms with E-state index in [1.165, 1.54) is 4.57 Å². The maximum absolute atomic E-state index is 12.6. The first kappa shape index (κ1) is 18.2. The third-order valence-electron chi connectivity index (χ3n) is 4.38. The first-order chi connectivity index (χ1) is 12.5. The summed E-state index contributed by atoms with van der Waals surface area (Å²) in [6.45, 7) is 1.94. The average molecular weight is 371 g/mol. The smallest absolute Gasteiger partial charge is 0.258 e. The van der Waals surface area contributed by atoms with Crippen molar-refractivity contribution in [1.29, 1.82) is 0 Å². The van der Waals surface area contributed by atoms with Gasteiger partial charge < -0.3 is 15.0 Å². The van der Waals surface area contributed by atoms with Crippen LogP contribution in [-0.2, 0) is 11.3 Å². The quantitative estimate of drug-likeness (QED) is 0.723. The Labute approximate surface area is 155 Å². The fraction of sp³-hybridized carbons (Fsp3) is 0.200. The molecule has 0 aliphatic rings. The molecule has 2 aromatic carbocycles. The highest BCUT2D eigenvalue weighted by molar-refractivity contribution is 6.30. The molecule has 134 valence electrons. The number of halogens is 1. The van der Waals surface area contributed by atoms with Crippen LogP contribution in [0.4, 0.5) is 5.69 Å². The molecular formula is C20H19ClN2O3. The van der Waals surface area contributed by atoms with Gasteiger partial charge in [-0.15, -0.1) is 0 Å². The highest BCUT2D eigenvalue weighted by Crippen LogP contribution is 2.24. The van der Waals surface area contributed by atoms with Gasteiger partial charge in [-0.25, -0.2) is 0 Å². The number of hydrogen-bond donors (Lipinski definition) is 2. The van der Waals surface area contributed by atoms with E-state index in [1.807, 2.05) is 19.1 Å². The van der Waals surface area contributed by atoms with Crippen molar-refractivity contribution >= 4 is 34.0 Å². The van der Waals surface area contributed by atoms with Crippen molar-refractivity contribution in [3.05, 3.63) is 75.7 Å². The predicted octanol–water partition coefficient (Wildman–Crippen LogP) is 3.39. The molecule has 1 atom stereocenters. The van der Waals surface area contributed by atoms with E-state index in [-0.39, 0.29) is 30.5 Å². The molecule has 3 aromatic rings. The van der Waals surface area contributed by atoms with E-state index >= 15 is 0 Å². The summed E-state index contributed by atoms with van der Waals surface area (Å²) in [5.41, 5.74) is 1.25. The van der Waals surface area contributed by atoms with Crippen LogP contribution in [0.5, 0.6) is 0 Å². The van der Waals surface area contributed by atoms with Crippen LogP contribution < -0.4 is 10.9 Å². The summed E-state index contributed by atoms with van der Waals surface area (Å²) in [6, 6.07) is 14.1. The number of aliphatic hydroxyl groups is 1. The summed E-state index contributed by atoms with van der Waals surface area (Å²) in [7, 11) is 0. The van der Waals surface area contributed by atoms with Gasteiger partial charge >= 0.3 is 0 Å². The molecule has 26 heavy (non-hydrogen) atoms. The molecular weight excluding hydrogens is 352 g/mol. The Morgan fingerprint density at radius 3 is 2.58 bits per heavy atom. The largest absolute Gasteiger partial charge is 0.395 e. The van der Waals surface area contributed by atoms with Gasteiger partial charge in [-0.2, -0.15) is 0 Å². The Bertz CT molecular complexity index is 996. The van der Waals surface area contributed by atoms with Gasteiger partial charge in [0.2, 0.25) is 5.91 Å². The summed E-state index contributed by atoms with van der Waals surface area (Å²) in [6.07, 6.45) is 1.62. The molecule has 3 rings (SSSR count). The summed E-state index contributed by atoms with van der Waals surface area (Å²) < 4.78 is 1.45. The van der Waals surface area contributed by atoms with Crippen LogP contribution in [0.3, 0.4) is 0 Å². The van der Waals surface area contributed by atoms with Crippen LogP contribution in [0.1, 0.15) is 18.4 Å². The lowest BCUT2D eigenvalue weighted by Gasteiger charge is -2.15. The zero-order chi connectivity index (χ0) is 18.7. The number of aromatic nitrogens is 1. The van der Waals surface area contributed by atoms with Crippen molar-refractivity contribution in [3.8, 4) is 0 Å². The molecule has 1 heterocycles. The Morgan fingerprint density at radius 2 is 1.88 bits per heavy atom. The molecule has 1 unspecified atom stereocenters. The molecule has 0 saturated carbocycles. The van der Waals surface area contributed by atoms with E-state index in [9.17, 15) is 9.59 Å². The van der Waals surface area contributed by atoms with E-state index < -0.39 is 0 Å². The van der Waals surface area contributed by atoms with E-state index in [4.69, 9.17) is 16.7 Å². The van der Waals surface area contributed by atoms with Crippen LogP contribution in [0.2, 0.25) is 5.02 Å². The van der Waals surface area contributed by atoms with Gasteiger partial charge in [0.05, 0.1) is 12.5 Å². The third kappa shape index (κ3) is 3.64. The van der Waals surface area contributed by atoms with Crippen molar-refractivity contribution in [2.24, 2.45) is 0 Å². The molecule has 0 fully saturated rings. The van der Waals surface area contributed by atoms with Crippen molar-refractivity contribution in [2.45, 2.75) is 19.4 Å². The lowest BCUT2D eigenvalue weighted by Crippen LogP contribution is -2.22. The Kier molecular flexibility index (Phi) is 5.40. The van der Waals surface area contributed by atoms with E-state index in [2.05, 4.69) is 5.32 Å². The molecule has 5 nitrogen and oxygen atoms in total. The van der Waals surface area contributed by atoms with Gasteiger partial charge in [-0.3, -0.25) is 9.59 Å². The number of anilines is 1. The minimum Gasteiger partial charge on any atom is -0.395 e. The molecule has 6 heteroatoms. The summed E-state index contributed by atoms with van der Waals surface area (Å²) in [5.74, 6) is -0.531. The molecule has 0 aliphatic carbocycles. The third-order valence-corrected chi connectivity index (χ3v) is 4.63. The average Bonchev–Trinajstić information content (AvgIpc) is 2.64. The van der Waals surface area contributed by atoms with Gasteiger partial charge in [-0.05, 0) is 42.8 Å². The fourth-order valence-corrected chi connectivity index (χ4v) is 2.98. The molecule has 1 aromatic heterocycles. The van der Waals surface area contributed by atoms with Gasteiger partial charge in [0.1, 0.15) is 0 Å². The highest BCUT2D eigenvalue weighted by Gasteiger charge is 2.17. The second-order valence-corrected chi connectivity index (χ2v) is 6.50. The molecule has 0 bridgehead atoms. The fourth-order valence-electron chi connectivity index (χ4n) is 2.85. The van der Waals surface area contributed by atoms with Crippen LogP contribution in [0.25, 0.3) is 10.8 Å². The first-order valence-electron chi connectivity index (χ1n) is 8.30. The summed E-state index contributed by atoms with van der Waals surface area (Å²) in [5, 5.41) is 13.7. The van der Waals surface area contributed by atoms with E-state index in [1.54, 1.807) is 42.6 Å². The number of carbonyl (C=O) groups is 1. The number of carbonyl (C=O) groups excluding carboxylic acids is 1. The number of nitrogens with one attached hydrogen (secondary N) is 1.